The molecule has 0 unspecified atom stereocenters. The number of carbonyl (C=O) groups excluding carboxylic acids is 1. The number of ether oxygens (including phenoxy) is 1. The van der Waals surface area contributed by atoms with Crippen molar-refractivity contribution >= 4 is 39.1 Å². The zero-order valence-electron chi connectivity index (χ0n) is 14.1. The average Bonchev–Trinajstić information content (AvgIpc) is 2.52. The number of benzene rings is 1. The number of hydrazine groups is 2. The maximum atomic E-state index is 11.7. The minimum atomic E-state index is -4.21. The van der Waals surface area contributed by atoms with Crippen molar-refractivity contribution in [3.63, 3.8) is 0 Å². The second kappa shape index (κ2) is 7.79. The number of hydrogen-bond acceptors (Lipinski definition) is 9. The smallest absolute Gasteiger partial charge is 0.312 e. The second-order valence-electron chi connectivity index (χ2n) is 5.15. The summed E-state index contributed by atoms with van der Waals surface area (Å²) in [6.45, 7) is 1.73. The van der Waals surface area contributed by atoms with Crippen LogP contribution in [-0.2, 0) is 19.6 Å². The Morgan fingerprint density at radius 3 is 2.52 bits per heavy atom. The van der Waals surface area contributed by atoms with Gasteiger partial charge in [0.15, 0.2) is 10.1 Å². The largest absolute Gasteiger partial charge is 0.466 e. The molecule has 2 rings (SSSR count). The van der Waals surface area contributed by atoms with Crippen molar-refractivity contribution in [3.05, 3.63) is 49.5 Å². The van der Waals surface area contributed by atoms with Crippen LogP contribution in [0.2, 0.25) is 0 Å². The molecule has 14 heteroatoms. The van der Waals surface area contributed by atoms with Gasteiger partial charge < -0.3 is 4.74 Å². The van der Waals surface area contributed by atoms with Crippen LogP contribution in [0.15, 0.2) is 34.2 Å². The Morgan fingerprint density at radius 2 is 2.00 bits per heavy atom. The highest BCUT2D eigenvalue weighted by atomic mass is 32.2. The van der Waals surface area contributed by atoms with Gasteiger partial charge in [-0.05, 0) is 25.1 Å². The van der Waals surface area contributed by atoms with Gasteiger partial charge in [0.2, 0.25) is 0 Å². The maximum Gasteiger partial charge on any atom is 0.312 e. The van der Waals surface area contributed by atoms with E-state index in [-0.39, 0.29) is 39.4 Å². The molecule has 0 saturated heterocycles. The van der Waals surface area contributed by atoms with Crippen molar-refractivity contribution in [2.24, 2.45) is 0 Å². The number of anilines is 2. The summed E-state index contributed by atoms with van der Waals surface area (Å²) in [6.07, 6.45) is 0.330. The van der Waals surface area contributed by atoms with Crippen LogP contribution in [0.25, 0.3) is 0 Å². The van der Waals surface area contributed by atoms with Crippen molar-refractivity contribution in [3.8, 4) is 0 Å². The van der Waals surface area contributed by atoms with Crippen molar-refractivity contribution < 1.29 is 28.0 Å². The van der Waals surface area contributed by atoms with Gasteiger partial charge in [-0.25, -0.2) is 28.6 Å². The number of rotatable bonds is 7. The highest BCUT2D eigenvalue weighted by Gasteiger charge is 2.34. The van der Waals surface area contributed by atoms with Gasteiger partial charge in [0.05, 0.1) is 19.3 Å². The van der Waals surface area contributed by atoms with Crippen molar-refractivity contribution in [1.82, 2.24) is 0 Å². The SMILES string of the molecule is CCOC(=O)CC1=CSc2cc(N([N+](=O)[O-])S(C)(=O)=O)ccc2N1[N+](=O)[O-]. The predicted molar refractivity (Wildman–Crippen MR) is 95.4 cm³/mol. The van der Waals surface area contributed by atoms with E-state index in [1.165, 1.54) is 11.5 Å². The number of hydrogen-bond donors (Lipinski definition) is 0. The summed E-state index contributed by atoms with van der Waals surface area (Å²) in [5, 5.41) is 22.7. The van der Waals surface area contributed by atoms with E-state index in [2.05, 4.69) is 0 Å². The first-order valence-electron chi connectivity index (χ1n) is 7.30. The minimum absolute atomic E-state index is 0.0256. The first kappa shape index (κ1) is 20.4. The van der Waals surface area contributed by atoms with Crippen molar-refractivity contribution in [2.45, 2.75) is 18.2 Å². The molecule has 27 heavy (non-hydrogen) atoms. The van der Waals surface area contributed by atoms with E-state index >= 15 is 0 Å². The standard InChI is InChI=1S/C13H14N4O8S2/c1-3-25-13(18)7-10-8-26-12-6-9(15(17(21)22)27(2,23)24)4-5-11(12)14(10)16(19)20/h4-6,8H,3,7H2,1-2H3. The fourth-order valence-electron chi connectivity index (χ4n) is 2.30. The van der Waals surface area contributed by atoms with E-state index in [0.717, 1.165) is 23.9 Å². The Balaban J connectivity index is 2.45. The molecule has 1 aromatic carbocycles. The maximum absolute atomic E-state index is 11.7. The van der Waals surface area contributed by atoms with Crippen molar-refractivity contribution in [2.75, 3.05) is 22.3 Å². The van der Waals surface area contributed by atoms with Gasteiger partial charge in [-0.1, -0.05) is 16.8 Å². The van der Waals surface area contributed by atoms with Crippen LogP contribution >= 0.6 is 11.8 Å². The zero-order chi connectivity index (χ0) is 20.4. The number of sulfonamides is 1. The van der Waals surface area contributed by atoms with E-state index in [0.29, 0.717) is 11.3 Å². The summed E-state index contributed by atoms with van der Waals surface area (Å²) >= 11 is 0.972. The third-order valence-corrected chi connectivity index (χ3v) is 5.19. The van der Waals surface area contributed by atoms with E-state index < -0.39 is 26.1 Å². The molecule has 0 aliphatic carbocycles. The lowest BCUT2D eigenvalue weighted by molar-refractivity contribution is -0.488. The molecule has 146 valence electrons. The van der Waals surface area contributed by atoms with Gasteiger partial charge in [0.1, 0.15) is 17.1 Å². The Morgan fingerprint density at radius 1 is 1.33 bits per heavy atom. The average molecular weight is 418 g/mol. The van der Waals surface area contributed by atoms with Crippen LogP contribution in [0.4, 0.5) is 11.4 Å². The summed E-state index contributed by atoms with van der Waals surface area (Å²) in [7, 11) is -4.21. The molecular weight excluding hydrogens is 404 g/mol. The third-order valence-electron chi connectivity index (χ3n) is 3.24. The summed E-state index contributed by atoms with van der Waals surface area (Å²) in [5.41, 5.74) is -0.176. The molecule has 0 bridgehead atoms. The predicted octanol–water partition coefficient (Wildman–Crippen LogP) is 1.54. The summed E-state index contributed by atoms with van der Waals surface area (Å²) in [4.78, 5) is 34.4. The Bertz CT molecular complexity index is 930. The monoisotopic (exact) mass is 418 g/mol. The zero-order valence-corrected chi connectivity index (χ0v) is 15.7. The Labute approximate surface area is 157 Å². The Hall–Kier alpha value is -2.87. The summed E-state index contributed by atoms with van der Waals surface area (Å²) in [6, 6.07) is 3.41. The number of fused-ring (bicyclic) bond motifs is 1. The van der Waals surface area contributed by atoms with Gasteiger partial charge in [-0.2, -0.15) is 0 Å². The molecule has 0 fully saturated rings. The minimum Gasteiger partial charge on any atom is -0.466 e. The van der Waals surface area contributed by atoms with Gasteiger partial charge >= 0.3 is 5.97 Å². The molecule has 0 radical (unpaired) electrons. The molecule has 0 amide bonds. The summed E-state index contributed by atoms with van der Waals surface area (Å²) < 4.78 is 28.1. The number of nitro groups is 2. The lowest BCUT2D eigenvalue weighted by Gasteiger charge is -2.23. The van der Waals surface area contributed by atoms with Crippen molar-refractivity contribution in [1.29, 1.82) is 0 Å². The molecule has 0 aromatic heterocycles. The molecule has 0 atom stereocenters. The molecule has 12 nitrogen and oxygen atoms in total. The highest BCUT2D eigenvalue weighted by molar-refractivity contribution is 8.02. The van der Waals surface area contributed by atoms with Gasteiger partial charge in [0.25, 0.3) is 10.0 Å². The molecule has 1 aromatic rings. The number of nitrogens with zero attached hydrogens (tertiary/aromatic N) is 4. The first-order chi connectivity index (χ1) is 12.6. The van der Waals surface area contributed by atoms with Crippen LogP contribution in [0.3, 0.4) is 0 Å². The van der Waals surface area contributed by atoms with E-state index in [1.807, 2.05) is 0 Å². The van der Waals surface area contributed by atoms with Gasteiger partial charge in [0, 0.05) is 14.7 Å². The Kier molecular flexibility index (Phi) is 5.90. The third kappa shape index (κ3) is 4.46. The molecular formula is C13H14N4O8S2. The first-order valence-corrected chi connectivity index (χ1v) is 10.0. The molecule has 1 heterocycles. The van der Waals surface area contributed by atoms with E-state index in [4.69, 9.17) is 4.74 Å². The molecule has 1 aliphatic rings. The topological polar surface area (TPSA) is 153 Å². The number of esters is 1. The summed E-state index contributed by atoms with van der Waals surface area (Å²) in [5.74, 6) is -0.645. The fourth-order valence-corrected chi connectivity index (χ4v) is 3.95. The number of carbonyl (C=O) groups is 1. The molecule has 1 aliphatic heterocycles. The fraction of sp³-hybridized carbons (Fsp3) is 0.308. The van der Waals surface area contributed by atoms with Gasteiger partial charge in [-0.3, -0.25) is 4.79 Å². The van der Waals surface area contributed by atoms with Gasteiger partial charge in [-0.15, -0.1) is 0 Å². The molecule has 0 spiro atoms. The normalized spacial score (nSPS) is 13.4. The van der Waals surface area contributed by atoms with E-state index in [1.54, 1.807) is 6.92 Å². The quantitative estimate of drug-likeness (QED) is 0.362. The van der Waals surface area contributed by atoms with Crippen LogP contribution in [0.1, 0.15) is 13.3 Å². The highest BCUT2D eigenvalue weighted by Crippen LogP contribution is 2.41. The van der Waals surface area contributed by atoms with Crippen LogP contribution in [0.5, 0.6) is 0 Å². The van der Waals surface area contributed by atoms with Crippen LogP contribution < -0.4 is 9.42 Å². The number of thioether (sulfide) groups is 1. The molecule has 0 saturated carbocycles. The van der Waals surface area contributed by atoms with Crippen LogP contribution in [-0.4, -0.2) is 37.3 Å². The van der Waals surface area contributed by atoms with Crippen LogP contribution in [0, 0.1) is 20.2 Å². The lowest BCUT2D eigenvalue weighted by atomic mass is 10.2. The lowest BCUT2D eigenvalue weighted by Crippen LogP contribution is -2.36. The van der Waals surface area contributed by atoms with E-state index in [9.17, 15) is 33.4 Å². The second-order valence-corrected chi connectivity index (χ2v) is 7.88. The molecule has 0 N–H and O–H groups in total.